The molecule has 0 heterocycles. The van der Waals surface area contributed by atoms with Crippen LogP contribution in [-0.4, -0.2) is 19.2 Å². The van der Waals surface area contributed by atoms with E-state index in [0.717, 1.165) is 44.9 Å². The molecule has 56 heavy (non-hydrogen) atoms. The number of carbonyl (C=O) groups excluding carboxylic acids is 1. The summed E-state index contributed by atoms with van der Waals surface area (Å²) < 4.78 is 30.5. The van der Waals surface area contributed by atoms with E-state index in [-0.39, 0.29) is 6.42 Å². The van der Waals surface area contributed by atoms with Crippen molar-refractivity contribution in [3.8, 4) is 0 Å². The Morgan fingerprint density at radius 3 is 0.732 bits per heavy atom. The topological polar surface area (TPSA) is 61.8 Å². The van der Waals surface area contributed by atoms with Gasteiger partial charge < -0.3 is 4.52 Å². The molecule has 0 aliphatic carbocycles. The lowest BCUT2D eigenvalue weighted by molar-refractivity contribution is -0.136. The van der Waals surface area contributed by atoms with E-state index < -0.39 is 13.8 Å². The summed E-state index contributed by atoms with van der Waals surface area (Å²) in [6.45, 7) is 7.48. The van der Waals surface area contributed by atoms with Crippen LogP contribution >= 0.6 is 7.82 Å². The number of unbranched alkanes of at least 4 members (excludes halogenated alkanes) is 40. The minimum atomic E-state index is -3.89. The first kappa shape index (κ1) is 55.6. The minimum Gasteiger partial charge on any atom is -0.370 e. The van der Waals surface area contributed by atoms with Crippen LogP contribution < -0.4 is 0 Å². The summed E-state index contributed by atoms with van der Waals surface area (Å²) in [5.41, 5.74) is 0. The van der Waals surface area contributed by atoms with Crippen LogP contribution in [0.3, 0.4) is 0 Å². The fourth-order valence-electron chi connectivity index (χ4n) is 7.85. The van der Waals surface area contributed by atoms with Crippen LogP contribution in [0.5, 0.6) is 0 Å². The zero-order valence-corrected chi connectivity index (χ0v) is 39.4. The van der Waals surface area contributed by atoms with Gasteiger partial charge in [0.15, 0.2) is 0 Å². The van der Waals surface area contributed by atoms with Gasteiger partial charge in [-0.25, -0.2) is 4.57 Å². The molecule has 0 aliphatic heterocycles. The molecule has 0 unspecified atom stereocenters. The summed E-state index contributed by atoms with van der Waals surface area (Å²) in [5, 5.41) is 0. The highest BCUT2D eigenvalue weighted by molar-refractivity contribution is 7.49. The molecule has 0 saturated heterocycles. The molecule has 5 nitrogen and oxygen atoms in total. The summed E-state index contributed by atoms with van der Waals surface area (Å²) in [7, 11) is -3.89. The van der Waals surface area contributed by atoms with Gasteiger partial charge in [-0.15, -0.1) is 0 Å². The lowest BCUT2D eigenvalue weighted by Gasteiger charge is -2.17. The molecule has 0 amide bonds. The lowest BCUT2D eigenvalue weighted by atomic mass is 10.0. The maximum atomic E-state index is 13.6. The fourth-order valence-corrected chi connectivity index (χ4v) is 9.07. The molecule has 0 fully saturated rings. The second-order valence-electron chi connectivity index (χ2n) is 17.5. The van der Waals surface area contributed by atoms with E-state index in [1.54, 1.807) is 0 Å². The molecule has 0 spiro atoms. The maximum absolute atomic E-state index is 13.6. The van der Waals surface area contributed by atoms with Crippen molar-refractivity contribution < 1.29 is 22.9 Å². The Hall–Kier alpha value is -0.380. The summed E-state index contributed by atoms with van der Waals surface area (Å²) in [6.07, 6.45) is 55.5. The highest BCUT2D eigenvalue weighted by Gasteiger charge is 2.30. The molecule has 336 valence electrons. The van der Waals surface area contributed by atoms with Crippen molar-refractivity contribution in [2.45, 2.75) is 303 Å². The zero-order valence-electron chi connectivity index (χ0n) is 38.5. The van der Waals surface area contributed by atoms with Crippen LogP contribution in [0.1, 0.15) is 303 Å². The van der Waals surface area contributed by atoms with E-state index in [1.807, 2.05) is 0 Å². The first-order valence-corrected chi connectivity index (χ1v) is 27.2. The van der Waals surface area contributed by atoms with Gasteiger partial charge in [-0.2, -0.15) is 0 Å². The van der Waals surface area contributed by atoms with Gasteiger partial charge in [-0.3, -0.25) is 13.8 Å². The van der Waals surface area contributed by atoms with Crippen LogP contribution in [0, 0.1) is 0 Å². The van der Waals surface area contributed by atoms with Crippen LogP contribution in [0.15, 0.2) is 0 Å². The highest BCUT2D eigenvalue weighted by atomic mass is 31.2. The van der Waals surface area contributed by atoms with Gasteiger partial charge in [0, 0.05) is 6.42 Å². The molecule has 0 aromatic rings. The number of carbonyl (C=O) groups is 1. The van der Waals surface area contributed by atoms with Crippen molar-refractivity contribution in [2.24, 2.45) is 0 Å². The number of phosphoric acid groups is 1. The van der Waals surface area contributed by atoms with Crippen molar-refractivity contribution >= 4 is 13.8 Å². The molecule has 0 aliphatic rings. The Kier molecular flexibility index (Phi) is 47.0. The lowest BCUT2D eigenvalue weighted by Crippen LogP contribution is -2.09. The van der Waals surface area contributed by atoms with Gasteiger partial charge >= 0.3 is 13.8 Å². The van der Waals surface area contributed by atoms with Crippen molar-refractivity contribution in [3.05, 3.63) is 0 Å². The van der Waals surface area contributed by atoms with Crippen molar-refractivity contribution in [2.75, 3.05) is 13.2 Å². The Morgan fingerprint density at radius 2 is 0.500 bits per heavy atom. The SMILES string of the molecule is CCCCCCCCCCCCCCCCCC(=O)OP(=O)(OCCCCCCCCCCCCCCCC)OCCCCCCCCCCCCCCCC. The Balaban J connectivity index is 4.21. The smallest absolute Gasteiger partial charge is 0.370 e. The molecular formula is C50H101O5P. The first-order valence-electron chi connectivity index (χ1n) is 25.7. The molecular weight excluding hydrogens is 712 g/mol. The van der Waals surface area contributed by atoms with Crippen LogP contribution in [0.2, 0.25) is 0 Å². The molecule has 0 rings (SSSR count). The summed E-state index contributed by atoms with van der Waals surface area (Å²) >= 11 is 0. The highest BCUT2D eigenvalue weighted by Crippen LogP contribution is 2.50. The quantitative estimate of drug-likeness (QED) is 0.0452. The predicted octanol–water partition coefficient (Wildman–Crippen LogP) is 18.9. The molecule has 0 atom stereocenters. The standard InChI is InChI=1S/C50H101O5P/c1-4-7-10-13-16-19-22-25-28-29-32-35-38-41-44-47-50(51)55-56(52,53-48-45-42-39-36-33-30-26-23-20-17-14-11-8-5-2)54-49-46-43-40-37-34-31-27-24-21-18-15-12-9-6-3/h4-49H2,1-3H3. The molecule has 0 bridgehead atoms. The number of hydrogen-bond acceptors (Lipinski definition) is 5. The van der Waals surface area contributed by atoms with Gasteiger partial charge in [0.25, 0.3) is 0 Å². The first-order chi connectivity index (χ1) is 27.6. The Bertz CT molecular complexity index is 766. The summed E-state index contributed by atoms with van der Waals surface area (Å²) in [4.78, 5) is 12.8. The normalized spacial score (nSPS) is 11.8. The van der Waals surface area contributed by atoms with Crippen LogP contribution in [0.4, 0.5) is 0 Å². The summed E-state index contributed by atoms with van der Waals surface area (Å²) in [5.74, 6) is -0.440. The minimum absolute atomic E-state index is 0.284. The summed E-state index contributed by atoms with van der Waals surface area (Å²) in [6, 6.07) is 0. The molecule has 0 aromatic carbocycles. The third-order valence-corrected chi connectivity index (χ3v) is 13.1. The maximum Gasteiger partial charge on any atom is 0.532 e. The van der Waals surface area contributed by atoms with E-state index in [1.165, 1.54) is 231 Å². The molecule has 0 N–H and O–H groups in total. The van der Waals surface area contributed by atoms with Gasteiger partial charge in [-0.05, 0) is 19.3 Å². The number of rotatable bonds is 49. The van der Waals surface area contributed by atoms with Crippen molar-refractivity contribution in [3.63, 3.8) is 0 Å². The van der Waals surface area contributed by atoms with E-state index in [9.17, 15) is 9.36 Å². The molecule has 0 saturated carbocycles. The average Bonchev–Trinajstić information content (AvgIpc) is 3.19. The van der Waals surface area contributed by atoms with E-state index >= 15 is 0 Å². The van der Waals surface area contributed by atoms with Crippen molar-refractivity contribution in [1.82, 2.24) is 0 Å². The fraction of sp³-hybridized carbons (Fsp3) is 0.980. The second-order valence-corrected chi connectivity index (χ2v) is 19.1. The Morgan fingerprint density at radius 1 is 0.304 bits per heavy atom. The average molecular weight is 813 g/mol. The number of phosphoric ester groups is 1. The molecule has 0 aromatic heterocycles. The van der Waals surface area contributed by atoms with E-state index in [4.69, 9.17) is 13.6 Å². The second kappa shape index (κ2) is 47.3. The zero-order chi connectivity index (χ0) is 40.7. The third kappa shape index (κ3) is 44.7. The van der Waals surface area contributed by atoms with Gasteiger partial charge in [-0.1, -0.05) is 278 Å². The van der Waals surface area contributed by atoms with E-state index in [0.29, 0.717) is 13.2 Å². The largest absolute Gasteiger partial charge is 0.532 e. The van der Waals surface area contributed by atoms with Gasteiger partial charge in [0.1, 0.15) is 0 Å². The molecule has 6 heteroatoms. The van der Waals surface area contributed by atoms with E-state index in [2.05, 4.69) is 20.8 Å². The predicted molar refractivity (Wildman–Crippen MR) is 246 cm³/mol. The third-order valence-electron chi connectivity index (χ3n) is 11.7. The van der Waals surface area contributed by atoms with Crippen molar-refractivity contribution in [1.29, 1.82) is 0 Å². The van der Waals surface area contributed by atoms with Gasteiger partial charge in [0.2, 0.25) is 0 Å². The number of hydrogen-bond donors (Lipinski definition) is 0. The Labute approximate surface area is 352 Å². The molecule has 0 radical (unpaired) electrons. The van der Waals surface area contributed by atoms with Gasteiger partial charge in [0.05, 0.1) is 13.2 Å². The van der Waals surface area contributed by atoms with Crippen LogP contribution in [-0.2, 0) is 22.9 Å². The monoisotopic (exact) mass is 813 g/mol. The van der Waals surface area contributed by atoms with Crippen LogP contribution in [0.25, 0.3) is 0 Å².